The van der Waals surface area contributed by atoms with E-state index in [1.807, 2.05) is 6.92 Å². The number of esters is 1. The van der Waals surface area contributed by atoms with Gasteiger partial charge in [-0.1, -0.05) is 19.9 Å². The summed E-state index contributed by atoms with van der Waals surface area (Å²) in [6, 6.07) is 10.9. The predicted octanol–water partition coefficient (Wildman–Crippen LogP) is 3.22. The third kappa shape index (κ3) is 6.28. The molecule has 0 aliphatic carbocycles. The van der Waals surface area contributed by atoms with Crippen molar-refractivity contribution in [1.82, 2.24) is 4.31 Å². The summed E-state index contributed by atoms with van der Waals surface area (Å²) >= 11 is 0. The molecule has 0 unspecified atom stereocenters. The van der Waals surface area contributed by atoms with Crippen molar-refractivity contribution in [3.8, 4) is 5.75 Å². The fourth-order valence-corrected chi connectivity index (χ4v) is 4.35. The first kappa shape index (κ1) is 24.4. The Balaban J connectivity index is 2.04. The van der Waals surface area contributed by atoms with Crippen LogP contribution in [0.25, 0.3) is 0 Å². The van der Waals surface area contributed by atoms with E-state index in [0.717, 1.165) is 0 Å². The van der Waals surface area contributed by atoms with Gasteiger partial charge in [0.15, 0.2) is 6.61 Å². The first-order valence-electron chi connectivity index (χ1n) is 10.0. The number of nitrogens with one attached hydrogen (secondary N) is 1. The maximum absolute atomic E-state index is 12.7. The Bertz CT molecular complexity index is 1010. The number of rotatable bonds is 10. The van der Waals surface area contributed by atoms with Crippen LogP contribution in [0.2, 0.25) is 0 Å². The molecule has 8 nitrogen and oxygen atoms in total. The van der Waals surface area contributed by atoms with Gasteiger partial charge in [0.1, 0.15) is 5.75 Å². The molecule has 0 atom stereocenters. The van der Waals surface area contributed by atoms with Gasteiger partial charge in [0.2, 0.25) is 10.0 Å². The molecule has 0 aliphatic rings. The molecule has 0 aromatic heterocycles. The van der Waals surface area contributed by atoms with Crippen LogP contribution in [0.15, 0.2) is 47.4 Å². The Kier molecular flexibility index (Phi) is 8.58. The zero-order valence-corrected chi connectivity index (χ0v) is 19.0. The lowest BCUT2D eigenvalue weighted by Gasteiger charge is -2.19. The number of carbonyl (C=O) groups is 2. The third-order valence-corrected chi connectivity index (χ3v) is 6.61. The molecule has 0 bridgehead atoms. The van der Waals surface area contributed by atoms with Crippen LogP contribution in [-0.4, -0.2) is 50.9 Å². The van der Waals surface area contributed by atoms with Crippen LogP contribution >= 0.6 is 0 Å². The quantitative estimate of drug-likeness (QED) is 0.560. The first-order valence-corrected chi connectivity index (χ1v) is 11.5. The van der Waals surface area contributed by atoms with Crippen molar-refractivity contribution in [3.63, 3.8) is 0 Å². The van der Waals surface area contributed by atoms with Crippen molar-refractivity contribution < 1.29 is 27.5 Å². The summed E-state index contributed by atoms with van der Waals surface area (Å²) in [6.07, 6.45) is 0. The highest BCUT2D eigenvalue weighted by molar-refractivity contribution is 7.89. The van der Waals surface area contributed by atoms with Gasteiger partial charge in [-0.25, -0.2) is 13.2 Å². The van der Waals surface area contributed by atoms with Crippen molar-refractivity contribution in [2.75, 3.05) is 31.6 Å². The van der Waals surface area contributed by atoms with Gasteiger partial charge in [0.25, 0.3) is 5.91 Å². The summed E-state index contributed by atoms with van der Waals surface area (Å²) in [4.78, 5) is 24.5. The molecular formula is C22H28N2O6S. The lowest BCUT2D eigenvalue weighted by atomic mass is 10.2. The molecule has 2 aromatic rings. The van der Waals surface area contributed by atoms with E-state index < -0.39 is 28.5 Å². The van der Waals surface area contributed by atoms with Crippen LogP contribution in [0.5, 0.6) is 5.75 Å². The molecule has 31 heavy (non-hydrogen) atoms. The molecule has 0 saturated heterocycles. The molecule has 168 valence electrons. The van der Waals surface area contributed by atoms with Gasteiger partial charge in [0.05, 0.1) is 17.1 Å². The molecule has 1 N–H and O–H groups in total. The summed E-state index contributed by atoms with van der Waals surface area (Å²) < 4.78 is 37.1. The van der Waals surface area contributed by atoms with E-state index in [1.54, 1.807) is 51.1 Å². The minimum Gasteiger partial charge on any atom is -0.494 e. The second kappa shape index (κ2) is 10.9. The summed E-state index contributed by atoms with van der Waals surface area (Å²) in [7, 11) is -3.66. The average Bonchev–Trinajstić information content (AvgIpc) is 2.75. The van der Waals surface area contributed by atoms with E-state index in [0.29, 0.717) is 42.3 Å². The Morgan fingerprint density at radius 1 is 1.00 bits per heavy atom. The summed E-state index contributed by atoms with van der Waals surface area (Å²) in [6.45, 7) is 7.82. The van der Waals surface area contributed by atoms with Gasteiger partial charge in [-0.2, -0.15) is 4.31 Å². The summed E-state index contributed by atoms with van der Waals surface area (Å²) in [5, 5.41) is 2.61. The topological polar surface area (TPSA) is 102 Å². The maximum Gasteiger partial charge on any atom is 0.338 e. The number of carbonyl (C=O) groups excluding carboxylic acids is 2. The number of anilines is 1. The highest BCUT2D eigenvalue weighted by Gasteiger charge is 2.22. The van der Waals surface area contributed by atoms with Crippen molar-refractivity contribution in [2.45, 2.75) is 32.6 Å². The van der Waals surface area contributed by atoms with Gasteiger partial charge in [-0.3, -0.25) is 4.79 Å². The smallest absolute Gasteiger partial charge is 0.338 e. The Morgan fingerprint density at radius 2 is 1.65 bits per heavy atom. The minimum atomic E-state index is -3.66. The number of ether oxygens (including phenoxy) is 2. The normalized spacial score (nSPS) is 11.3. The van der Waals surface area contributed by atoms with Gasteiger partial charge < -0.3 is 14.8 Å². The second-order valence-electron chi connectivity index (χ2n) is 6.65. The van der Waals surface area contributed by atoms with Gasteiger partial charge in [-0.05, 0) is 55.8 Å². The molecule has 2 rings (SSSR count). The van der Waals surface area contributed by atoms with Gasteiger partial charge >= 0.3 is 5.97 Å². The number of sulfonamides is 1. The van der Waals surface area contributed by atoms with Crippen molar-refractivity contribution >= 4 is 27.6 Å². The standard InChI is InChI=1S/C22H28N2O6S/c1-5-24(6-2)31(27,28)19-13-8-16(4)20(14-19)23-21(25)15-30-22(26)17-9-11-18(12-10-17)29-7-3/h8-14H,5-7,15H2,1-4H3,(H,23,25). The Morgan fingerprint density at radius 3 is 2.23 bits per heavy atom. The van der Waals surface area contributed by atoms with Crippen LogP contribution in [0.1, 0.15) is 36.7 Å². The van der Waals surface area contributed by atoms with Crippen LogP contribution in [0.3, 0.4) is 0 Å². The molecule has 0 fully saturated rings. The number of aryl methyl sites for hydroxylation is 1. The Hall–Kier alpha value is -2.91. The summed E-state index contributed by atoms with van der Waals surface area (Å²) in [5.74, 6) is -0.584. The van der Waals surface area contributed by atoms with E-state index in [4.69, 9.17) is 9.47 Å². The maximum atomic E-state index is 12.7. The molecule has 2 aromatic carbocycles. The zero-order valence-electron chi connectivity index (χ0n) is 18.2. The number of nitrogens with zero attached hydrogens (tertiary/aromatic N) is 1. The predicted molar refractivity (Wildman–Crippen MR) is 118 cm³/mol. The molecule has 0 heterocycles. The van der Waals surface area contributed by atoms with E-state index in [9.17, 15) is 18.0 Å². The first-order chi connectivity index (χ1) is 14.7. The minimum absolute atomic E-state index is 0.0866. The number of hydrogen-bond acceptors (Lipinski definition) is 6. The SMILES string of the molecule is CCOc1ccc(C(=O)OCC(=O)Nc2cc(S(=O)(=O)N(CC)CC)ccc2C)cc1. The average molecular weight is 449 g/mol. The van der Waals surface area contributed by atoms with Crippen molar-refractivity contribution in [3.05, 3.63) is 53.6 Å². The highest BCUT2D eigenvalue weighted by atomic mass is 32.2. The largest absolute Gasteiger partial charge is 0.494 e. The molecule has 0 aliphatic heterocycles. The zero-order chi connectivity index (χ0) is 23.0. The van der Waals surface area contributed by atoms with Crippen molar-refractivity contribution in [1.29, 1.82) is 0 Å². The van der Waals surface area contributed by atoms with E-state index in [1.165, 1.54) is 16.4 Å². The summed E-state index contributed by atoms with van der Waals surface area (Å²) in [5.41, 5.74) is 1.32. The lowest BCUT2D eigenvalue weighted by molar-refractivity contribution is -0.119. The van der Waals surface area contributed by atoms with E-state index >= 15 is 0 Å². The molecule has 0 radical (unpaired) electrons. The monoisotopic (exact) mass is 448 g/mol. The van der Waals surface area contributed by atoms with E-state index in [-0.39, 0.29) is 4.90 Å². The van der Waals surface area contributed by atoms with Gasteiger partial charge in [0, 0.05) is 18.8 Å². The number of amides is 1. The second-order valence-corrected chi connectivity index (χ2v) is 8.59. The molecule has 0 spiro atoms. The van der Waals surface area contributed by atoms with Crippen LogP contribution in [0.4, 0.5) is 5.69 Å². The molecule has 1 amide bonds. The van der Waals surface area contributed by atoms with Crippen LogP contribution in [-0.2, 0) is 19.6 Å². The van der Waals surface area contributed by atoms with Crippen LogP contribution < -0.4 is 10.1 Å². The lowest BCUT2D eigenvalue weighted by Crippen LogP contribution is -2.30. The molecular weight excluding hydrogens is 420 g/mol. The third-order valence-electron chi connectivity index (χ3n) is 4.56. The fourth-order valence-electron chi connectivity index (χ4n) is 2.86. The van der Waals surface area contributed by atoms with Crippen LogP contribution in [0, 0.1) is 6.92 Å². The molecule has 9 heteroatoms. The molecule has 0 saturated carbocycles. The Labute approximate surface area is 183 Å². The number of hydrogen-bond donors (Lipinski definition) is 1. The van der Waals surface area contributed by atoms with Crippen molar-refractivity contribution in [2.24, 2.45) is 0 Å². The van der Waals surface area contributed by atoms with E-state index in [2.05, 4.69) is 5.32 Å². The highest BCUT2D eigenvalue weighted by Crippen LogP contribution is 2.23. The fraction of sp³-hybridized carbons (Fsp3) is 0.364. The van der Waals surface area contributed by atoms with Gasteiger partial charge in [-0.15, -0.1) is 0 Å². The number of benzene rings is 2.